The summed E-state index contributed by atoms with van der Waals surface area (Å²) in [4.78, 5) is 49.9. The minimum Gasteiger partial charge on any atom is -0.445 e. The Kier molecular flexibility index (Phi) is 9.65. The Morgan fingerprint density at radius 2 is 1.64 bits per heavy atom. The summed E-state index contributed by atoms with van der Waals surface area (Å²) >= 11 is 0. The second-order valence-corrected chi connectivity index (χ2v) is 8.93. The number of carbonyl (C=O) groups is 4. The molecular formula is C23H34N4O6. The SMILES string of the molecule is CC(C)CC(NC(=O)[C@H](CC(C)C)NC(=O)OCc1ccccc1)C(=O)C1NN(C)C(=O)O1. The van der Waals surface area contributed by atoms with Gasteiger partial charge in [0.15, 0.2) is 0 Å². The summed E-state index contributed by atoms with van der Waals surface area (Å²) in [6.07, 6.45) is -1.88. The van der Waals surface area contributed by atoms with Gasteiger partial charge in [0.1, 0.15) is 12.6 Å². The number of hydrogen-bond donors (Lipinski definition) is 3. The molecule has 3 N–H and O–H groups in total. The molecule has 0 bridgehead atoms. The van der Waals surface area contributed by atoms with Gasteiger partial charge in [0.2, 0.25) is 17.9 Å². The third kappa shape index (κ3) is 8.38. The topological polar surface area (TPSA) is 126 Å². The van der Waals surface area contributed by atoms with Crippen molar-refractivity contribution in [2.75, 3.05) is 7.05 Å². The predicted molar refractivity (Wildman–Crippen MR) is 121 cm³/mol. The van der Waals surface area contributed by atoms with E-state index in [-0.39, 0.29) is 18.4 Å². The number of nitrogens with one attached hydrogen (secondary N) is 3. The lowest BCUT2D eigenvalue weighted by Crippen LogP contribution is -2.55. The molecule has 1 aliphatic rings. The van der Waals surface area contributed by atoms with Crippen LogP contribution in [-0.2, 0) is 25.7 Å². The van der Waals surface area contributed by atoms with Crippen LogP contribution in [0.1, 0.15) is 46.1 Å². The average Bonchev–Trinajstić information content (AvgIpc) is 3.09. The molecule has 3 atom stereocenters. The lowest BCUT2D eigenvalue weighted by molar-refractivity contribution is -0.134. The standard InChI is InChI=1S/C23H34N4O6/c1-14(2)11-17(19(28)21-26-27(5)23(31)33-21)24-20(29)18(12-15(3)4)25-22(30)32-13-16-9-7-6-8-10-16/h6-10,14-15,17-18,21,26H,11-13H2,1-5H3,(H,24,29)(H,25,30)/t17?,18-,21?/m0/s1. The molecule has 1 fully saturated rings. The van der Waals surface area contributed by atoms with Crippen molar-refractivity contribution in [3.8, 4) is 0 Å². The van der Waals surface area contributed by atoms with E-state index >= 15 is 0 Å². The first-order valence-electron chi connectivity index (χ1n) is 11.1. The number of amides is 3. The highest BCUT2D eigenvalue weighted by molar-refractivity contribution is 5.95. The Morgan fingerprint density at radius 3 is 2.18 bits per heavy atom. The van der Waals surface area contributed by atoms with Crippen LogP contribution in [0.2, 0.25) is 0 Å². The van der Waals surface area contributed by atoms with E-state index in [2.05, 4.69) is 16.1 Å². The number of carbonyl (C=O) groups excluding carboxylic acids is 4. The third-order valence-corrected chi connectivity index (χ3v) is 4.96. The normalized spacial score (nSPS) is 17.5. The van der Waals surface area contributed by atoms with Crippen molar-refractivity contribution in [3.63, 3.8) is 0 Å². The van der Waals surface area contributed by atoms with Crippen molar-refractivity contribution < 1.29 is 28.7 Å². The van der Waals surface area contributed by atoms with E-state index in [4.69, 9.17) is 9.47 Å². The van der Waals surface area contributed by atoms with E-state index < -0.39 is 42.2 Å². The minimum absolute atomic E-state index is 0.0728. The summed E-state index contributed by atoms with van der Waals surface area (Å²) in [5, 5.41) is 6.41. The van der Waals surface area contributed by atoms with Crippen LogP contribution in [0, 0.1) is 11.8 Å². The largest absolute Gasteiger partial charge is 0.445 e. The van der Waals surface area contributed by atoms with Crippen molar-refractivity contribution in [2.24, 2.45) is 11.8 Å². The van der Waals surface area contributed by atoms with Crippen molar-refractivity contribution in [3.05, 3.63) is 35.9 Å². The summed E-state index contributed by atoms with van der Waals surface area (Å²) in [7, 11) is 1.44. The van der Waals surface area contributed by atoms with Gasteiger partial charge in [-0.25, -0.2) is 14.6 Å². The van der Waals surface area contributed by atoms with E-state index in [9.17, 15) is 19.2 Å². The van der Waals surface area contributed by atoms with Gasteiger partial charge in [0.25, 0.3) is 0 Å². The van der Waals surface area contributed by atoms with Gasteiger partial charge in [-0.2, -0.15) is 5.43 Å². The quantitative estimate of drug-likeness (QED) is 0.461. The van der Waals surface area contributed by atoms with E-state index in [0.29, 0.717) is 12.8 Å². The molecule has 1 saturated heterocycles. The first kappa shape index (κ1) is 26.1. The second kappa shape index (κ2) is 12.2. The maximum atomic E-state index is 13.1. The van der Waals surface area contributed by atoms with Gasteiger partial charge in [0, 0.05) is 7.05 Å². The number of hydrogen-bond acceptors (Lipinski definition) is 7. The van der Waals surface area contributed by atoms with Gasteiger partial charge in [-0.05, 0) is 30.2 Å². The predicted octanol–water partition coefficient (Wildman–Crippen LogP) is 2.34. The Labute approximate surface area is 194 Å². The van der Waals surface area contributed by atoms with E-state index in [1.165, 1.54) is 7.05 Å². The van der Waals surface area contributed by atoms with Gasteiger partial charge >= 0.3 is 12.2 Å². The number of rotatable bonds is 11. The van der Waals surface area contributed by atoms with Crippen molar-refractivity contribution in [2.45, 2.75) is 65.5 Å². The lowest BCUT2D eigenvalue weighted by Gasteiger charge is -2.25. The van der Waals surface area contributed by atoms with Crippen LogP contribution in [-0.4, -0.2) is 54.2 Å². The van der Waals surface area contributed by atoms with Gasteiger partial charge in [-0.3, -0.25) is 9.59 Å². The molecule has 2 rings (SSSR count). The molecule has 0 radical (unpaired) electrons. The Bertz CT molecular complexity index is 830. The number of ketones is 1. The zero-order valence-electron chi connectivity index (χ0n) is 19.8. The van der Waals surface area contributed by atoms with E-state index in [1.807, 2.05) is 58.0 Å². The molecule has 3 amide bonds. The van der Waals surface area contributed by atoms with Crippen molar-refractivity contribution in [1.82, 2.24) is 21.1 Å². The van der Waals surface area contributed by atoms with Crippen molar-refractivity contribution in [1.29, 1.82) is 0 Å². The van der Waals surface area contributed by atoms with Crippen LogP contribution in [0.3, 0.4) is 0 Å². The Balaban J connectivity index is 2.03. The van der Waals surface area contributed by atoms with Crippen molar-refractivity contribution >= 4 is 23.9 Å². The zero-order valence-corrected chi connectivity index (χ0v) is 19.8. The molecule has 0 saturated carbocycles. The maximum absolute atomic E-state index is 13.1. The van der Waals surface area contributed by atoms with E-state index in [1.54, 1.807) is 0 Å². The maximum Gasteiger partial charge on any atom is 0.426 e. The molecule has 0 aromatic heterocycles. The number of hydrazine groups is 1. The van der Waals surface area contributed by atoms with Gasteiger partial charge in [0.05, 0.1) is 6.04 Å². The monoisotopic (exact) mass is 462 g/mol. The highest BCUT2D eigenvalue weighted by atomic mass is 16.6. The van der Waals surface area contributed by atoms with Crippen LogP contribution in [0.25, 0.3) is 0 Å². The molecule has 0 spiro atoms. The molecule has 2 unspecified atom stereocenters. The molecule has 182 valence electrons. The molecule has 1 aromatic rings. The number of cyclic esters (lactones) is 1. The Morgan fingerprint density at radius 1 is 1.03 bits per heavy atom. The number of ether oxygens (including phenoxy) is 2. The molecular weight excluding hydrogens is 428 g/mol. The Hall–Kier alpha value is -3.14. The molecule has 1 heterocycles. The second-order valence-electron chi connectivity index (χ2n) is 8.93. The van der Waals surface area contributed by atoms with Gasteiger partial charge < -0.3 is 20.1 Å². The third-order valence-electron chi connectivity index (χ3n) is 4.96. The first-order chi connectivity index (χ1) is 15.6. The zero-order chi connectivity index (χ0) is 24.5. The fraction of sp³-hybridized carbons (Fsp3) is 0.565. The fourth-order valence-electron chi connectivity index (χ4n) is 3.34. The molecule has 10 heteroatoms. The van der Waals surface area contributed by atoms with Crippen LogP contribution in [0.4, 0.5) is 9.59 Å². The van der Waals surface area contributed by atoms with Crippen LogP contribution in [0.5, 0.6) is 0 Å². The highest BCUT2D eigenvalue weighted by Gasteiger charge is 2.38. The summed E-state index contributed by atoms with van der Waals surface area (Å²) in [6.45, 7) is 7.75. The summed E-state index contributed by atoms with van der Waals surface area (Å²) in [5.74, 6) is -0.788. The lowest BCUT2D eigenvalue weighted by atomic mass is 9.97. The number of Topliss-reactive ketones (excluding diaryl/α,β-unsaturated/α-hetero) is 1. The fourth-order valence-corrected chi connectivity index (χ4v) is 3.34. The number of alkyl carbamates (subject to hydrolysis) is 1. The molecule has 10 nitrogen and oxygen atoms in total. The van der Waals surface area contributed by atoms with Crippen LogP contribution >= 0.6 is 0 Å². The smallest absolute Gasteiger partial charge is 0.426 e. The van der Waals surface area contributed by atoms with Gasteiger partial charge in [-0.15, -0.1) is 0 Å². The molecule has 1 aliphatic heterocycles. The first-order valence-corrected chi connectivity index (χ1v) is 11.1. The average molecular weight is 463 g/mol. The number of benzene rings is 1. The number of nitrogens with zero attached hydrogens (tertiary/aromatic N) is 1. The molecule has 1 aromatic carbocycles. The van der Waals surface area contributed by atoms with E-state index in [0.717, 1.165) is 10.6 Å². The molecule has 0 aliphatic carbocycles. The summed E-state index contributed by atoms with van der Waals surface area (Å²) in [6, 6.07) is 7.41. The summed E-state index contributed by atoms with van der Waals surface area (Å²) in [5.41, 5.74) is 3.45. The van der Waals surface area contributed by atoms with Crippen LogP contribution < -0.4 is 16.1 Å². The molecule has 33 heavy (non-hydrogen) atoms. The minimum atomic E-state index is -1.18. The highest BCUT2D eigenvalue weighted by Crippen LogP contribution is 2.14. The summed E-state index contributed by atoms with van der Waals surface area (Å²) < 4.78 is 10.3. The van der Waals surface area contributed by atoms with Crippen LogP contribution in [0.15, 0.2) is 30.3 Å². The van der Waals surface area contributed by atoms with Gasteiger partial charge in [-0.1, -0.05) is 58.0 Å².